The van der Waals surface area contributed by atoms with Crippen molar-refractivity contribution < 1.29 is 32.9 Å². The summed E-state index contributed by atoms with van der Waals surface area (Å²) in [6, 6.07) is -0.761. The van der Waals surface area contributed by atoms with Gasteiger partial charge in [-0.1, -0.05) is 257 Å². The van der Waals surface area contributed by atoms with E-state index in [2.05, 4.69) is 31.3 Å². The van der Waals surface area contributed by atoms with Gasteiger partial charge in [-0.15, -0.1) is 0 Å². The summed E-state index contributed by atoms with van der Waals surface area (Å²) in [5.41, 5.74) is 0. The van der Waals surface area contributed by atoms with E-state index in [4.69, 9.17) is 9.05 Å². The first-order chi connectivity index (χ1) is 31.0. The number of aliphatic hydroxyl groups excluding tert-OH is 1. The van der Waals surface area contributed by atoms with E-state index in [0.29, 0.717) is 23.9 Å². The Morgan fingerprint density at radius 3 is 1.27 bits per heavy atom. The third-order valence-electron chi connectivity index (χ3n) is 13.0. The largest absolute Gasteiger partial charge is 0.472 e. The number of phosphoric ester groups is 1. The Bertz CT molecular complexity index is 1050. The normalized spacial score (nSPS) is 14.0. The van der Waals surface area contributed by atoms with Crippen molar-refractivity contribution in [3.05, 3.63) is 12.2 Å². The molecule has 0 bridgehead atoms. The third-order valence-corrected chi connectivity index (χ3v) is 14.0. The van der Waals surface area contributed by atoms with Gasteiger partial charge in [-0.3, -0.25) is 13.8 Å². The van der Waals surface area contributed by atoms with Gasteiger partial charge in [-0.05, 0) is 32.1 Å². The molecule has 1 amide bonds. The van der Waals surface area contributed by atoms with Crippen molar-refractivity contribution in [3.63, 3.8) is 0 Å². The Hall–Kier alpha value is -0.760. The Kier molecular flexibility index (Phi) is 46.8. The molecule has 0 aromatic heterocycles. The van der Waals surface area contributed by atoms with Crippen LogP contribution in [0.15, 0.2) is 12.2 Å². The van der Waals surface area contributed by atoms with Crippen LogP contribution >= 0.6 is 7.82 Å². The number of hydrogen-bond donors (Lipinski definition) is 3. The highest BCUT2D eigenvalue weighted by molar-refractivity contribution is 7.47. The van der Waals surface area contributed by atoms with Crippen LogP contribution in [0.25, 0.3) is 0 Å². The standard InChI is InChI=1S/C55H111N2O6P/c1-6-8-10-12-14-16-18-19-20-21-22-23-24-25-26-27-28-29-30-31-32-33-34-35-36-37-38-39-40-42-44-46-48-54(58)53(52-63-64(60,61)62-51-50-57(3,4)5)56-55(59)49-47-45-43-41-17-15-13-11-9-7-2/h11,13,53-54,58H,6-10,12,14-52H2,1-5H3,(H-,56,59,60,61)/p+1/b13-11-. The molecule has 0 saturated carbocycles. The zero-order chi connectivity index (χ0) is 47.1. The lowest BCUT2D eigenvalue weighted by atomic mass is 10.0. The Morgan fingerprint density at radius 2 is 0.875 bits per heavy atom. The smallest absolute Gasteiger partial charge is 0.391 e. The zero-order valence-corrected chi connectivity index (χ0v) is 44.4. The number of amides is 1. The van der Waals surface area contributed by atoms with Gasteiger partial charge in [0.2, 0.25) is 5.91 Å². The fourth-order valence-electron chi connectivity index (χ4n) is 8.58. The van der Waals surface area contributed by atoms with Crippen molar-refractivity contribution in [3.8, 4) is 0 Å². The van der Waals surface area contributed by atoms with E-state index < -0.39 is 20.0 Å². The zero-order valence-electron chi connectivity index (χ0n) is 43.6. The van der Waals surface area contributed by atoms with Gasteiger partial charge in [0, 0.05) is 6.42 Å². The van der Waals surface area contributed by atoms with Gasteiger partial charge in [-0.2, -0.15) is 0 Å². The molecule has 3 unspecified atom stereocenters. The highest BCUT2D eigenvalue weighted by Gasteiger charge is 2.28. The molecule has 0 saturated heterocycles. The number of allylic oxidation sites excluding steroid dienone is 2. The Labute approximate surface area is 399 Å². The number of nitrogens with zero attached hydrogens (tertiary/aromatic N) is 1. The van der Waals surface area contributed by atoms with Crippen molar-refractivity contribution in [1.82, 2.24) is 5.32 Å². The molecule has 0 aromatic carbocycles. The van der Waals surface area contributed by atoms with E-state index in [-0.39, 0.29) is 19.1 Å². The molecule has 0 aliphatic rings. The molecular formula is C55H112N2O6P+. The summed E-state index contributed by atoms with van der Waals surface area (Å²) >= 11 is 0. The molecule has 0 heterocycles. The number of likely N-dealkylation sites (N-methyl/N-ethyl adjacent to an activating group) is 1. The second-order valence-electron chi connectivity index (χ2n) is 20.7. The molecule has 382 valence electrons. The van der Waals surface area contributed by atoms with Crippen LogP contribution in [-0.4, -0.2) is 73.4 Å². The van der Waals surface area contributed by atoms with E-state index in [1.807, 2.05) is 21.1 Å². The Balaban J connectivity index is 3.92. The van der Waals surface area contributed by atoms with E-state index in [1.54, 1.807) is 0 Å². The van der Waals surface area contributed by atoms with E-state index in [1.165, 1.54) is 199 Å². The van der Waals surface area contributed by atoms with Gasteiger partial charge in [0.1, 0.15) is 13.2 Å². The number of carbonyl (C=O) groups is 1. The van der Waals surface area contributed by atoms with Crippen molar-refractivity contribution >= 4 is 13.7 Å². The van der Waals surface area contributed by atoms with Gasteiger partial charge < -0.3 is 19.8 Å². The minimum Gasteiger partial charge on any atom is -0.391 e. The summed E-state index contributed by atoms with van der Waals surface area (Å²) in [6.45, 7) is 4.85. The molecule has 0 aromatic rings. The molecular weight excluding hydrogens is 816 g/mol. The van der Waals surface area contributed by atoms with Gasteiger partial charge >= 0.3 is 7.82 Å². The SMILES string of the molecule is CCC/C=C\CCCCCCCC(=O)NC(COP(=O)(O)OCC[N+](C)(C)C)C(O)CCCCCCCCCCCCCCCCCCCCCCCCCCCCCCCCCC. The van der Waals surface area contributed by atoms with Crippen molar-refractivity contribution in [2.24, 2.45) is 0 Å². The lowest BCUT2D eigenvalue weighted by Gasteiger charge is -2.26. The number of quaternary nitrogens is 1. The van der Waals surface area contributed by atoms with Crippen LogP contribution in [-0.2, 0) is 18.4 Å². The monoisotopic (exact) mass is 928 g/mol. The Morgan fingerprint density at radius 1 is 0.516 bits per heavy atom. The second kappa shape index (κ2) is 47.3. The number of rotatable bonds is 52. The summed E-state index contributed by atoms with van der Waals surface area (Å²) in [5, 5.41) is 14.0. The molecule has 0 spiro atoms. The molecule has 8 nitrogen and oxygen atoms in total. The van der Waals surface area contributed by atoms with Crippen LogP contribution in [0.2, 0.25) is 0 Å². The lowest BCUT2D eigenvalue weighted by molar-refractivity contribution is -0.870. The summed E-state index contributed by atoms with van der Waals surface area (Å²) in [6.07, 6.45) is 57.3. The van der Waals surface area contributed by atoms with Gasteiger partial charge in [0.25, 0.3) is 0 Å². The molecule has 64 heavy (non-hydrogen) atoms. The molecule has 0 fully saturated rings. The van der Waals surface area contributed by atoms with Crippen molar-refractivity contribution in [1.29, 1.82) is 0 Å². The lowest BCUT2D eigenvalue weighted by Crippen LogP contribution is -2.46. The molecule has 9 heteroatoms. The third kappa shape index (κ3) is 49.2. The van der Waals surface area contributed by atoms with Gasteiger partial charge in [0.15, 0.2) is 0 Å². The van der Waals surface area contributed by atoms with Crippen LogP contribution < -0.4 is 5.32 Å². The molecule has 0 rings (SSSR count). The minimum atomic E-state index is -4.31. The summed E-state index contributed by atoms with van der Waals surface area (Å²) in [7, 11) is 1.62. The minimum absolute atomic E-state index is 0.0750. The molecule has 0 radical (unpaired) electrons. The number of carbonyl (C=O) groups excluding carboxylic acids is 1. The van der Waals surface area contributed by atoms with Crippen LogP contribution in [0.3, 0.4) is 0 Å². The number of aliphatic hydroxyl groups is 1. The van der Waals surface area contributed by atoms with E-state index >= 15 is 0 Å². The molecule has 3 atom stereocenters. The number of unbranched alkanes of at least 4 members (excludes halogenated alkanes) is 37. The first-order valence-electron chi connectivity index (χ1n) is 28.1. The van der Waals surface area contributed by atoms with Crippen LogP contribution in [0, 0.1) is 0 Å². The first-order valence-corrected chi connectivity index (χ1v) is 29.5. The van der Waals surface area contributed by atoms with Crippen LogP contribution in [0.4, 0.5) is 0 Å². The van der Waals surface area contributed by atoms with Crippen LogP contribution in [0.1, 0.15) is 284 Å². The van der Waals surface area contributed by atoms with E-state index in [0.717, 1.165) is 57.8 Å². The highest BCUT2D eigenvalue weighted by atomic mass is 31.2. The fourth-order valence-corrected chi connectivity index (χ4v) is 9.32. The predicted octanol–water partition coefficient (Wildman–Crippen LogP) is 16.7. The summed E-state index contributed by atoms with van der Waals surface area (Å²) in [4.78, 5) is 23.2. The van der Waals surface area contributed by atoms with Gasteiger partial charge in [0.05, 0.1) is 39.9 Å². The van der Waals surface area contributed by atoms with Gasteiger partial charge in [-0.25, -0.2) is 4.57 Å². The number of phosphoric acid groups is 1. The van der Waals surface area contributed by atoms with Crippen molar-refractivity contribution in [2.45, 2.75) is 296 Å². The molecule has 0 aliphatic carbocycles. The maximum absolute atomic E-state index is 12.9. The number of nitrogens with one attached hydrogen (secondary N) is 1. The highest BCUT2D eigenvalue weighted by Crippen LogP contribution is 2.43. The molecule has 3 N–H and O–H groups in total. The molecule has 0 aliphatic heterocycles. The second-order valence-corrected chi connectivity index (χ2v) is 22.1. The fraction of sp³-hybridized carbons (Fsp3) is 0.945. The number of hydrogen-bond acceptors (Lipinski definition) is 5. The first kappa shape index (κ1) is 63.2. The van der Waals surface area contributed by atoms with E-state index in [9.17, 15) is 19.4 Å². The average molecular weight is 928 g/mol. The quantitative estimate of drug-likeness (QED) is 0.0243. The summed E-state index contributed by atoms with van der Waals surface area (Å²) in [5.74, 6) is -0.153. The maximum atomic E-state index is 12.9. The topological polar surface area (TPSA) is 105 Å². The summed E-state index contributed by atoms with van der Waals surface area (Å²) < 4.78 is 23.7. The average Bonchev–Trinajstić information content (AvgIpc) is 3.25. The maximum Gasteiger partial charge on any atom is 0.472 e. The van der Waals surface area contributed by atoms with Crippen molar-refractivity contribution in [2.75, 3.05) is 40.9 Å². The predicted molar refractivity (Wildman–Crippen MR) is 277 cm³/mol. The van der Waals surface area contributed by atoms with Crippen LogP contribution in [0.5, 0.6) is 0 Å².